The molecule has 0 aromatic heterocycles. The van der Waals surface area contributed by atoms with Crippen LogP contribution in [0.4, 0.5) is 17.1 Å². The maximum atomic E-state index is 13.1. The maximum absolute atomic E-state index is 13.1. The van der Waals surface area contributed by atoms with E-state index in [-0.39, 0.29) is 5.91 Å². The van der Waals surface area contributed by atoms with Crippen LogP contribution in [-0.2, 0) is 14.3 Å². The molecular formula is C28H26N4O4. The molecule has 0 aliphatic carbocycles. The Morgan fingerprint density at radius 3 is 2.39 bits per heavy atom. The molecule has 2 N–H and O–H groups in total. The van der Waals surface area contributed by atoms with Gasteiger partial charge in [0, 0.05) is 16.9 Å². The lowest BCUT2D eigenvalue weighted by molar-refractivity contribution is -0.110. The van der Waals surface area contributed by atoms with Gasteiger partial charge in [0.2, 0.25) is 0 Å². The van der Waals surface area contributed by atoms with Crippen molar-refractivity contribution in [3.63, 3.8) is 0 Å². The number of rotatable bonds is 8. The van der Waals surface area contributed by atoms with Gasteiger partial charge < -0.3 is 20.3 Å². The Hall–Kier alpha value is -4.65. The summed E-state index contributed by atoms with van der Waals surface area (Å²) in [6, 6.07) is 22.1. The summed E-state index contributed by atoms with van der Waals surface area (Å²) in [5.41, 5.74) is 5.10. The number of methoxy groups -OCH3 is 1. The van der Waals surface area contributed by atoms with Crippen LogP contribution in [-0.4, -0.2) is 50.6 Å². The third-order valence-corrected chi connectivity index (χ3v) is 5.61. The van der Waals surface area contributed by atoms with Gasteiger partial charge in [-0.1, -0.05) is 36.4 Å². The summed E-state index contributed by atoms with van der Waals surface area (Å²) in [4.78, 5) is 39.8. The standard InChI is InChI=1S/C28H26N4O4/c1-31(2)18-32(15-16-33)22-12-10-21(11-13-22)29-26(19-7-5-4-6-8-19)25-23-14-9-20(28(35)36-3)17-24(23)30-27(25)34/h4-15,17,29H,18H2,1-3H3,(H,30,34). The van der Waals surface area contributed by atoms with Gasteiger partial charge >= 0.3 is 5.97 Å². The molecule has 1 aliphatic rings. The minimum Gasteiger partial charge on any atom is -0.465 e. The zero-order valence-corrected chi connectivity index (χ0v) is 20.2. The molecular weight excluding hydrogens is 456 g/mol. The van der Waals surface area contributed by atoms with Crippen LogP contribution in [0.2, 0.25) is 0 Å². The molecule has 8 heteroatoms. The summed E-state index contributed by atoms with van der Waals surface area (Å²) in [7, 11) is 5.15. The number of nitrogens with one attached hydrogen (secondary N) is 2. The smallest absolute Gasteiger partial charge is 0.337 e. The third-order valence-electron chi connectivity index (χ3n) is 5.61. The van der Waals surface area contributed by atoms with Crippen LogP contribution in [0.15, 0.2) is 79.0 Å². The van der Waals surface area contributed by atoms with E-state index in [9.17, 15) is 14.4 Å². The Morgan fingerprint density at radius 1 is 1.03 bits per heavy atom. The van der Waals surface area contributed by atoms with E-state index in [0.717, 1.165) is 16.9 Å². The Morgan fingerprint density at radius 2 is 1.75 bits per heavy atom. The SMILES string of the molecule is COC(=O)c1ccc2c(c1)NC(=O)C2=C(Nc1ccc(N(C=C=O)CN(C)C)cc1)c1ccccc1. The number of benzene rings is 3. The van der Waals surface area contributed by atoms with Gasteiger partial charge in [-0.2, -0.15) is 0 Å². The summed E-state index contributed by atoms with van der Waals surface area (Å²) in [5, 5.41) is 6.27. The topological polar surface area (TPSA) is 91.0 Å². The van der Waals surface area contributed by atoms with Crippen molar-refractivity contribution < 1.29 is 19.1 Å². The molecule has 0 saturated heterocycles. The first kappa shape index (κ1) is 24.5. The van der Waals surface area contributed by atoms with E-state index in [1.165, 1.54) is 13.3 Å². The maximum Gasteiger partial charge on any atom is 0.337 e. The zero-order chi connectivity index (χ0) is 25.7. The molecule has 0 saturated carbocycles. The van der Waals surface area contributed by atoms with Gasteiger partial charge in [-0.05, 0) is 56.1 Å². The van der Waals surface area contributed by atoms with E-state index in [0.29, 0.717) is 34.8 Å². The third kappa shape index (κ3) is 5.20. The predicted octanol–water partition coefficient (Wildman–Crippen LogP) is 4.08. The molecule has 0 radical (unpaired) electrons. The lowest BCUT2D eigenvalue weighted by Gasteiger charge is -2.23. The molecule has 3 aromatic carbocycles. The summed E-state index contributed by atoms with van der Waals surface area (Å²) < 4.78 is 4.80. The van der Waals surface area contributed by atoms with Crippen LogP contribution >= 0.6 is 0 Å². The monoisotopic (exact) mass is 482 g/mol. The summed E-state index contributed by atoms with van der Waals surface area (Å²) >= 11 is 0. The molecule has 0 atom stereocenters. The van der Waals surface area contributed by atoms with E-state index in [1.54, 1.807) is 23.1 Å². The van der Waals surface area contributed by atoms with Crippen molar-refractivity contribution in [2.24, 2.45) is 0 Å². The number of hydrogen-bond acceptors (Lipinski definition) is 7. The molecule has 1 amide bonds. The molecule has 8 nitrogen and oxygen atoms in total. The highest BCUT2D eigenvalue weighted by atomic mass is 16.5. The van der Waals surface area contributed by atoms with Crippen LogP contribution in [0, 0.1) is 0 Å². The molecule has 1 heterocycles. The molecule has 182 valence electrons. The molecule has 36 heavy (non-hydrogen) atoms. The minimum atomic E-state index is -0.473. The van der Waals surface area contributed by atoms with Crippen molar-refractivity contribution >= 4 is 46.2 Å². The fourth-order valence-electron chi connectivity index (χ4n) is 4.00. The number of nitrogens with zero attached hydrogens (tertiary/aromatic N) is 2. The summed E-state index contributed by atoms with van der Waals surface area (Å²) in [6.07, 6.45) is 1.36. The number of carbonyl (C=O) groups is 2. The van der Waals surface area contributed by atoms with Crippen molar-refractivity contribution in [1.29, 1.82) is 0 Å². The highest BCUT2D eigenvalue weighted by Crippen LogP contribution is 2.38. The highest BCUT2D eigenvalue weighted by Gasteiger charge is 2.29. The zero-order valence-electron chi connectivity index (χ0n) is 20.2. The van der Waals surface area contributed by atoms with E-state index in [4.69, 9.17) is 4.74 Å². The molecule has 1 aliphatic heterocycles. The number of carbonyl (C=O) groups excluding carboxylic acids is 3. The van der Waals surface area contributed by atoms with Crippen molar-refractivity contribution in [2.45, 2.75) is 0 Å². The van der Waals surface area contributed by atoms with Crippen molar-refractivity contribution in [2.75, 3.05) is 43.4 Å². The van der Waals surface area contributed by atoms with Crippen molar-refractivity contribution in [3.8, 4) is 0 Å². The van der Waals surface area contributed by atoms with Crippen LogP contribution in [0.5, 0.6) is 0 Å². The quantitative estimate of drug-likeness (QED) is 0.216. The fraction of sp³-hybridized carbons (Fsp3) is 0.143. The second kappa shape index (κ2) is 10.7. The number of fused-ring (bicyclic) bond motifs is 1. The van der Waals surface area contributed by atoms with E-state index in [2.05, 4.69) is 10.6 Å². The Bertz CT molecular complexity index is 1360. The van der Waals surface area contributed by atoms with Crippen LogP contribution in [0.25, 0.3) is 11.3 Å². The summed E-state index contributed by atoms with van der Waals surface area (Å²) in [5.74, 6) is 1.09. The predicted molar refractivity (Wildman–Crippen MR) is 141 cm³/mol. The second-order valence-electron chi connectivity index (χ2n) is 8.43. The molecule has 0 fully saturated rings. The van der Waals surface area contributed by atoms with Gasteiger partial charge in [-0.25, -0.2) is 9.59 Å². The van der Waals surface area contributed by atoms with E-state index >= 15 is 0 Å². The average Bonchev–Trinajstić information content (AvgIpc) is 3.21. The Labute approximate surface area is 209 Å². The van der Waals surface area contributed by atoms with E-state index < -0.39 is 5.97 Å². The number of hydrogen-bond donors (Lipinski definition) is 2. The lowest BCUT2D eigenvalue weighted by Crippen LogP contribution is -2.29. The van der Waals surface area contributed by atoms with Gasteiger partial charge in [0.25, 0.3) is 5.91 Å². The van der Waals surface area contributed by atoms with Gasteiger partial charge in [-0.15, -0.1) is 0 Å². The van der Waals surface area contributed by atoms with Crippen molar-refractivity contribution in [1.82, 2.24) is 4.90 Å². The molecule has 0 bridgehead atoms. The Balaban J connectivity index is 1.75. The van der Waals surface area contributed by atoms with E-state index in [1.807, 2.05) is 79.5 Å². The first-order valence-corrected chi connectivity index (χ1v) is 11.2. The lowest BCUT2D eigenvalue weighted by atomic mass is 9.99. The second-order valence-corrected chi connectivity index (χ2v) is 8.43. The molecule has 0 spiro atoms. The minimum absolute atomic E-state index is 0.275. The first-order valence-electron chi connectivity index (χ1n) is 11.2. The summed E-state index contributed by atoms with van der Waals surface area (Å²) in [6.45, 7) is 0.520. The van der Waals surface area contributed by atoms with Gasteiger partial charge in [-0.3, -0.25) is 9.69 Å². The number of amides is 1. The number of esters is 1. The van der Waals surface area contributed by atoms with Gasteiger partial charge in [0.15, 0.2) is 0 Å². The molecule has 0 unspecified atom stereocenters. The molecule has 4 rings (SSSR count). The Kier molecular flexibility index (Phi) is 7.30. The average molecular weight is 483 g/mol. The molecule has 3 aromatic rings. The normalized spacial score (nSPS) is 13.4. The highest BCUT2D eigenvalue weighted by molar-refractivity contribution is 6.37. The largest absolute Gasteiger partial charge is 0.465 e. The number of ether oxygens (including phenoxy) is 1. The first-order chi connectivity index (χ1) is 17.4. The van der Waals surface area contributed by atoms with Crippen LogP contribution in [0.3, 0.4) is 0 Å². The van der Waals surface area contributed by atoms with Crippen molar-refractivity contribution in [3.05, 3.63) is 95.7 Å². The van der Waals surface area contributed by atoms with Gasteiger partial charge in [0.1, 0.15) is 5.94 Å². The van der Waals surface area contributed by atoms with Crippen LogP contribution in [0.1, 0.15) is 21.5 Å². The van der Waals surface area contributed by atoms with Crippen LogP contribution < -0.4 is 15.5 Å². The fourth-order valence-corrected chi connectivity index (χ4v) is 4.00. The number of anilines is 3. The van der Waals surface area contributed by atoms with Gasteiger partial charge in [0.05, 0.1) is 42.5 Å².